The smallest absolute Gasteiger partial charge is 0.0842 e. The van der Waals surface area contributed by atoms with Gasteiger partial charge >= 0.3 is 0 Å². The van der Waals surface area contributed by atoms with Gasteiger partial charge in [-0.2, -0.15) is 0 Å². The zero-order chi connectivity index (χ0) is 16.9. The lowest BCUT2D eigenvalue weighted by Crippen LogP contribution is -1.96. The predicted molar refractivity (Wildman–Crippen MR) is 107 cm³/mol. The van der Waals surface area contributed by atoms with E-state index in [0.29, 0.717) is 0 Å². The van der Waals surface area contributed by atoms with Crippen molar-refractivity contribution in [1.82, 2.24) is 4.57 Å². The Morgan fingerprint density at radius 3 is 1.84 bits per heavy atom. The average molecular weight is 360 g/mol. The maximum absolute atomic E-state index is 2.27. The number of rotatable bonds is 5. The first-order valence-corrected chi connectivity index (χ1v) is 9.76. The molecule has 0 radical (unpaired) electrons. The van der Waals surface area contributed by atoms with Crippen LogP contribution in [-0.4, -0.2) is 4.57 Å². The molecule has 0 N–H and O–H groups in total. The van der Waals surface area contributed by atoms with Gasteiger partial charge in [-0.3, -0.25) is 0 Å². The van der Waals surface area contributed by atoms with Crippen LogP contribution in [0.5, 0.6) is 0 Å². The second-order valence-corrected chi connectivity index (χ2v) is 7.72. The van der Waals surface area contributed by atoms with E-state index >= 15 is 0 Å². The second-order valence-electron chi connectivity index (χ2n) is 5.51. The Bertz CT molecular complexity index is 946. The fourth-order valence-corrected chi connectivity index (χ4v) is 4.52. The third-order valence-corrected chi connectivity index (χ3v) is 5.90. The summed E-state index contributed by atoms with van der Waals surface area (Å²) in [5.74, 6) is 0. The molecule has 0 aliphatic carbocycles. The topological polar surface area (TPSA) is 4.93 Å². The minimum Gasteiger partial charge on any atom is -0.310 e. The summed E-state index contributed by atoms with van der Waals surface area (Å²) < 4.78 is 2.27. The monoisotopic (exact) mass is 359 g/mol. The number of hydrogen-bond acceptors (Lipinski definition) is 2. The summed E-state index contributed by atoms with van der Waals surface area (Å²) in [6.07, 6.45) is 2.13. The van der Waals surface area contributed by atoms with Gasteiger partial charge in [-0.15, -0.1) is 0 Å². The predicted octanol–water partition coefficient (Wildman–Crippen LogP) is 6.78. The highest BCUT2D eigenvalue weighted by Crippen LogP contribution is 2.36. The Kier molecular flexibility index (Phi) is 4.96. The first-order valence-electron chi connectivity index (χ1n) is 8.13. The SMILES string of the molecule is c1ccc(Sc2ccccc2-n2cccc2Sc2ccccc2)cc1. The molecule has 1 nitrogen and oxygen atoms in total. The van der Waals surface area contributed by atoms with Crippen molar-refractivity contribution in [2.24, 2.45) is 0 Å². The molecular formula is C22H17NS2. The molecule has 0 unspecified atom stereocenters. The van der Waals surface area contributed by atoms with Crippen LogP contribution in [0.4, 0.5) is 0 Å². The molecule has 0 fully saturated rings. The van der Waals surface area contributed by atoms with Crippen LogP contribution in [-0.2, 0) is 0 Å². The van der Waals surface area contributed by atoms with Gasteiger partial charge in [0.15, 0.2) is 0 Å². The Morgan fingerprint density at radius 1 is 0.520 bits per heavy atom. The molecule has 0 saturated carbocycles. The van der Waals surface area contributed by atoms with E-state index in [1.807, 2.05) is 0 Å². The van der Waals surface area contributed by atoms with Crippen molar-refractivity contribution in [1.29, 1.82) is 0 Å². The standard InChI is InChI=1S/C22H17NS2/c1-3-10-18(11-4-1)24-21-15-8-7-14-20(21)23-17-9-16-22(23)25-19-12-5-2-6-13-19/h1-17H. The largest absolute Gasteiger partial charge is 0.310 e. The quantitative estimate of drug-likeness (QED) is 0.387. The number of nitrogens with zero attached hydrogens (tertiary/aromatic N) is 1. The van der Waals surface area contributed by atoms with Crippen LogP contribution >= 0.6 is 23.5 Å². The van der Waals surface area contributed by atoms with Crippen LogP contribution in [0, 0.1) is 0 Å². The lowest BCUT2D eigenvalue weighted by Gasteiger charge is -2.13. The summed E-state index contributed by atoms with van der Waals surface area (Å²) in [6, 6.07) is 33.8. The van der Waals surface area contributed by atoms with Crippen molar-refractivity contribution in [3.63, 3.8) is 0 Å². The van der Waals surface area contributed by atoms with E-state index < -0.39 is 0 Å². The molecule has 3 heteroatoms. The van der Waals surface area contributed by atoms with Gasteiger partial charge in [0, 0.05) is 20.9 Å². The minimum atomic E-state index is 1.21. The maximum atomic E-state index is 2.27. The molecule has 4 aromatic rings. The highest BCUT2D eigenvalue weighted by molar-refractivity contribution is 7.99. The van der Waals surface area contributed by atoms with E-state index in [2.05, 4.69) is 108 Å². The molecule has 0 aliphatic heterocycles. The van der Waals surface area contributed by atoms with Gasteiger partial charge in [0.05, 0.1) is 10.7 Å². The van der Waals surface area contributed by atoms with Crippen molar-refractivity contribution in [2.45, 2.75) is 19.7 Å². The normalized spacial score (nSPS) is 10.7. The van der Waals surface area contributed by atoms with Crippen molar-refractivity contribution >= 4 is 23.5 Å². The molecule has 1 aromatic heterocycles. The Morgan fingerprint density at radius 2 is 1.12 bits per heavy atom. The zero-order valence-corrected chi connectivity index (χ0v) is 15.2. The molecule has 0 bridgehead atoms. The molecule has 122 valence electrons. The Balaban J connectivity index is 1.68. The van der Waals surface area contributed by atoms with E-state index in [9.17, 15) is 0 Å². The number of para-hydroxylation sites is 1. The summed E-state index contributed by atoms with van der Waals surface area (Å²) in [5.41, 5.74) is 1.21. The molecule has 0 amide bonds. The Hall–Kier alpha value is -2.36. The highest BCUT2D eigenvalue weighted by atomic mass is 32.2. The first kappa shape index (κ1) is 16.1. The van der Waals surface area contributed by atoms with Gasteiger partial charge in [-0.05, 0) is 48.5 Å². The molecule has 3 aromatic carbocycles. The number of aromatic nitrogens is 1. The van der Waals surface area contributed by atoms with Crippen LogP contribution in [0.3, 0.4) is 0 Å². The maximum Gasteiger partial charge on any atom is 0.0842 e. The lowest BCUT2D eigenvalue weighted by atomic mass is 10.3. The summed E-state index contributed by atoms with van der Waals surface area (Å²) in [4.78, 5) is 3.75. The van der Waals surface area contributed by atoms with Crippen LogP contribution in [0.25, 0.3) is 5.69 Å². The fourth-order valence-electron chi connectivity index (χ4n) is 2.61. The lowest BCUT2D eigenvalue weighted by molar-refractivity contribution is 0.931. The molecular weight excluding hydrogens is 342 g/mol. The van der Waals surface area contributed by atoms with Gasteiger partial charge < -0.3 is 4.57 Å². The van der Waals surface area contributed by atoms with Crippen LogP contribution < -0.4 is 0 Å². The van der Waals surface area contributed by atoms with E-state index in [4.69, 9.17) is 0 Å². The van der Waals surface area contributed by atoms with Gasteiger partial charge in [0.25, 0.3) is 0 Å². The summed E-state index contributed by atoms with van der Waals surface area (Å²) in [7, 11) is 0. The van der Waals surface area contributed by atoms with E-state index in [1.165, 1.54) is 25.4 Å². The second kappa shape index (κ2) is 7.68. The minimum absolute atomic E-state index is 1.21. The number of hydrogen-bond donors (Lipinski definition) is 0. The molecule has 1 heterocycles. The van der Waals surface area contributed by atoms with Crippen molar-refractivity contribution in [3.05, 3.63) is 103 Å². The van der Waals surface area contributed by atoms with Crippen LogP contribution in [0.1, 0.15) is 0 Å². The van der Waals surface area contributed by atoms with E-state index in [1.54, 1.807) is 23.5 Å². The molecule has 0 saturated heterocycles. The van der Waals surface area contributed by atoms with Crippen LogP contribution in [0.15, 0.2) is 123 Å². The van der Waals surface area contributed by atoms with Gasteiger partial charge in [0.1, 0.15) is 0 Å². The van der Waals surface area contributed by atoms with E-state index in [0.717, 1.165) is 0 Å². The summed E-state index contributed by atoms with van der Waals surface area (Å²) in [6.45, 7) is 0. The molecule has 25 heavy (non-hydrogen) atoms. The average Bonchev–Trinajstić information content (AvgIpc) is 3.12. The highest BCUT2D eigenvalue weighted by Gasteiger charge is 2.10. The Labute approximate surface area is 156 Å². The fraction of sp³-hybridized carbons (Fsp3) is 0. The van der Waals surface area contributed by atoms with Gasteiger partial charge in [-0.1, -0.05) is 72.1 Å². The van der Waals surface area contributed by atoms with E-state index in [-0.39, 0.29) is 0 Å². The molecule has 0 spiro atoms. The van der Waals surface area contributed by atoms with Gasteiger partial charge in [0.2, 0.25) is 0 Å². The van der Waals surface area contributed by atoms with Gasteiger partial charge in [-0.25, -0.2) is 0 Å². The molecule has 0 atom stereocenters. The third-order valence-electron chi connectivity index (χ3n) is 3.77. The van der Waals surface area contributed by atoms with Crippen molar-refractivity contribution < 1.29 is 0 Å². The number of benzene rings is 3. The summed E-state index contributed by atoms with van der Waals surface area (Å²) in [5, 5.41) is 1.22. The van der Waals surface area contributed by atoms with Crippen molar-refractivity contribution in [2.75, 3.05) is 0 Å². The third kappa shape index (κ3) is 3.84. The molecule has 0 aliphatic rings. The first-order chi connectivity index (χ1) is 12.4. The van der Waals surface area contributed by atoms with Crippen LogP contribution in [0.2, 0.25) is 0 Å². The molecule has 4 rings (SSSR count). The van der Waals surface area contributed by atoms with Crippen molar-refractivity contribution in [3.8, 4) is 5.69 Å². The zero-order valence-electron chi connectivity index (χ0n) is 13.6. The summed E-state index contributed by atoms with van der Waals surface area (Å²) >= 11 is 3.58.